The molecule has 0 spiro atoms. The summed E-state index contributed by atoms with van der Waals surface area (Å²) in [6.07, 6.45) is 2.33. The third kappa shape index (κ3) is 6.95. The molecule has 27 heavy (non-hydrogen) atoms. The van der Waals surface area contributed by atoms with E-state index in [1.54, 1.807) is 18.3 Å². The Kier molecular flexibility index (Phi) is 8.92. The second-order valence-corrected chi connectivity index (χ2v) is 8.76. The maximum Gasteiger partial charge on any atom is 0.242 e. The first kappa shape index (κ1) is 23.1. The van der Waals surface area contributed by atoms with Crippen LogP contribution < -0.4 is 10.6 Å². The Morgan fingerprint density at radius 3 is 2.48 bits per heavy atom. The maximum atomic E-state index is 12.9. The first-order valence-corrected chi connectivity index (χ1v) is 9.96. The van der Waals surface area contributed by atoms with Crippen molar-refractivity contribution in [2.24, 2.45) is 11.3 Å². The lowest BCUT2D eigenvalue weighted by atomic mass is 9.85. The molecule has 3 atom stereocenters. The Labute approximate surface area is 165 Å². The van der Waals surface area contributed by atoms with Gasteiger partial charge in [-0.05, 0) is 43.0 Å². The van der Waals surface area contributed by atoms with Crippen LogP contribution in [-0.4, -0.2) is 47.6 Å². The van der Waals surface area contributed by atoms with Gasteiger partial charge in [-0.3, -0.25) is 19.6 Å². The second-order valence-electron chi connectivity index (χ2n) is 7.73. The molecule has 0 radical (unpaired) electrons. The summed E-state index contributed by atoms with van der Waals surface area (Å²) >= 11 is 1.65. The molecule has 0 saturated carbocycles. The van der Waals surface area contributed by atoms with E-state index in [4.69, 9.17) is 0 Å². The molecule has 3 amide bonds. The molecule has 0 aliphatic rings. The Balaban J connectivity index is 2.89. The second kappa shape index (κ2) is 10.4. The first-order chi connectivity index (χ1) is 12.6. The van der Waals surface area contributed by atoms with E-state index >= 15 is 0 Å². The highest BCUT2D eigenvalue weighted by molar-refractivity contribution is 7.09. The van der Waals surface area contributed by atoms with Crippen molar-refractivity contribution in [3.63, 3.8) is 0 Å². The minimum atomic E-state index is -0.717. The normalized spacial score (nSPS) is 14.7. The zero-order valence-electron chi connectivity index (χ0n) is 16.7. The van der Waals surface area contributed by atoms with Gasteiger partial charge in [0, 0.05) is 11.9 Å². The fraction of sp³-hybridized carbons (Fsp3) is 0.632. The predicted molar refractivity (Wildman–Crippen MR) is 105 cm³/mol. The molecule has 0 saturated heterocycles. The molecular weight excluding hydrogens is 366 g/mol. The van der Waals surface area contributed by atoms with Crippen molar-refractivity contribution in [3.05, 3.63) is 22.4 Å². The minimum absolute atomic E-state index is 0.280. The number of amides is 3. The molecule has 1 heterocycles. The summed E-state index contributed by atoms with van der Waals surface area (Å²) in [5.41, 5.74) is -0.482. The summed E-state index contributed by atoms with van der Waals surface area (Å²) in [7, 11) is 1.52. The van der Waals surface area contributed by atoms with Crippen molar-refractivity contribution in [3.8, 4) is 0 Å². The van der Waals surface area contributed by atoms with Gasteiger partial charge in [0.15, 0.2) is 0 Å². The van der Waals surface area contributed by atoms with Gasteiger partial charge in [0.25, 0.3) is 0 Å². The van der Waals surface area contributed by atoms with Crippen LogP contribution in [0.4, 0.5) is 0 Å². The summed E-state index contributed by atoms with van der Waals surface area (Å²) in [6.45, 7) is 7.22. The van der Waals surface area contributed by atoms with Gasteiger partial charge < -0.3 is 10.6 Å². The number of likely N-dealkylation sites (N-methyl/N-ethyl adjacent to an activating group) is 1. The van der Waals surface area contributed by atoms with Gasteiger partial charge in [-0.2, -0.15) is 0 Å². The number of thiophene rings is 1. The summed E-state index contributed by atoms with van der Waals surface area (Å²) in [5, 5.41) is 17.7. The molecule has 8 heteroatoms. The molecule has 7 nitrogen and oxygen atoms in total. The fourth-order valence-electron chi connectivity index (χ4n) is 2.89. The summed E-state index contributed by atoms with van der Waals surface area (Å²) in [5.74, 6) is -1.26. The van der Waals surface area contributed by atoms with Crippen molar-refractivity contribution in [1.29, 1.82) is 0 Å². The van der Waals surface area contributed by atoms with E-state index < -0.39 is 23.4 Å². The highest BCUT2D eigenvalue weighted by Gasteiger charge is 2.36. The van der Waals surface area contributed by atoms with Gasteiger partial charge in [-0.1, -0.05) is 26.8 Å². The number of aryl methyl sites for hydroxylation is 1. The molecule has 0 fully saturated rings. The predicted octanol–water partition coefficient (Wildman–Crippen LogP) is 2.20. The average Bonchev–Trinajstić information content (AvgIpc) is 3.13. The highest BCUT2D eigenvalue weighted by Crippen LogP contribution is 2.23. The summed E-state index contributed by atoms with van der Waals surface area (Å²) in [6, 6.07) is 2.60. The highest BCUT2D eigenvalue weighted by atomic mass is 32.1. The van der Waals surface area contributed by atoms with Crippen LogP contribution in [0.2, 0.25) is 0 Å². The molecule has 0 bridgehead atoms. The van der Waals surface area contributed by atoms with Crippen LogP contribution >= 0.6 is 11.3 Å². The third-order valence-electron chi connectivity index (χ3n) is 4.62. The maximum absolute atomic E-state index is 12.9. The molecule has 0 aliphatic heterocycles. The van der Waals surface area contributed by atoms with Crippen LogP contribution in [0.1, 0.15) is 45.4 Å². The van der Waals surface area contributed by atoms with Crippen LogP contribution in [0.5, 0.6) is 0 Å². The van der Waals surface area contributed by atoms with E-state index in [0.29, 0.717) is 17.9 Å². The van der Waals surface area contributed by atoms with Gasteiger partial charge >= 0.3 is 0 Å². The molecule has 0 aromatic carbocycles. The molecule has 1 rings (SSSR count). The smallest absolute Gasteiger partial charge is 0.242 e. The number of carbonyl (C=O) groups excluding carboxylic acids is 3. The number of hydroxylamine groups is 2. The van der Waals surface area contributed by atoms with Gasteiger partial charge in [0.1, 0.15) is 6.04 Å². The van der Waals surface area contributed by atoms with Gasteiger partial charge in [0.2, 0.25) is 18.2 Å². The van der Waals surface area contributed by atoms with E-state index in [0.717, 1.165) is 12.8 Å². The zero-order valence-corrected chi connectivity index (χ0v) is 17.5. The molecule has 0 unspecified atom stereocenters. The molecule has 1 aromatic heterocycles. The SMILES string of the molecule is CNC(=O)[C@@H](NC(=O)[C@H](CCCc1cccs1)[C@H](C)N(O)C=O)C(C)(C)C. The summed E-state index contributed by atoms with van der Waals surface area (Å²) < 4.78 is 0. The molecule has 0 aliphatic carbocycles. The quantitative estimate of drug-likeness (QED) is 0.320. The molecule has 1 aromatic rings. The van der Waals surface area contributed by atoms with Crippen molar-refractivity contribution in [1.82, 2.24) is 15.7 Å². The lowest BCUT2D eigenvalue weighted by molar-refractivity contribution is -0.166. The van der Waals surface area contributed by atoms with E-state index in [-0.39, 0.29) is 11.8 Å². The van der Waals surface area contributed by atoms with Crippen molar-refractivity contribution >= 4 is 29.6 Å². The Morgan fingerprint density at radius 1 is 1.33 bits per heavy atom. The van der Waals surface area contributed by atoms with E-state index in [9.17, 15) is 19.6 Å². The average molecular weight is 398 g/mol. The number of hydrogen-bond acceptors (Lipinski definition) is 5. The number of hydrogen-bond donors (Lipinski definition) is 3. The Morgan fingerprint density at radius 2 is 2.00 bits per heavy atom. The van der Waals surface area contributed by atoms with Crippen LogP contribution in [0, 0.1) is 11.3 Å². The molecule has 3 N–H and O–H groups in total. The van der Waals surface area contributed by atoms with Crippen LogP contribution in [0.3, 0.4) is 0 Å². The number of carbonyl (C=O) groups is 3. The fourth-order valence-corrected chi connectivity index (χ4v) is 3.64. The number of nitrogens with zero attached hydrogens (tertiary/aromatic N) is 1. The van der Waals surface area contributed by atoms with Crippen molar-refractivity contribution in [2.45, 2.75) is 59.0 Å². The Bertz CT molecular complexity index is 613. The van der Waals surface area contributed by atoms with Gasteiger partial charge in [0.05, 0.1) is 12.0 Å². The van der Waals surface area contributed by atoms with Crippen LogP contribution in [0.15, 0.2) is 17.5 Å². The largest absolute Gasteiger partial charge is 0.357 e. The first-order valence-electron chi connectivity index (χ1n) is 9.08. The van der Waals surface area contributed by atoms with E-state index in [1.807, 2.05) is 38.3 Å². The van der Waals surface area contributed by atoms with Crippen molar-refractivity contribution in [2.75, 3.05) is 7.05 Å². The van der Waals surface area contributed by atoms with E-state index in [1.165, 1.54) is 11.9 Å². The minimum Gasteiger partial charge on any atom is -0.357 e. The standard InChI is InChI=1S/C19H31N3O4S/c1-13(22(26)12-23)15(10-6-8-14-9-7-11-27-14)17(24)21-16(18(25)20-5)19(2,3)4/h7,9,11-13,15-16,26H,6,8,10H2,1-5H3,(H,20,25)(H,21,24)/t13-,15+,16+/m0/s1. The van der Waals surface area contributed by atoms with E-state index in [2.05, 4.69) is 10.6 Å². The summed E-state index contributed by atoms with van der Waals surface area (Å²) in [4.78, 5) is 37.3. The van der Waals surface area contributed by atoms with Gasteiger partial charge in [-0.25, -0.2) is 5.06 Å². The topological polar surface area (TPSA) is 98.7 Å². The van der Waals surface area contributed by atoms with Gasteiger partial charge in [-0.15, -0.1) is 11.3 Å². The molecular formula is C19H31N3O4S. The lowest BCUT2D eigenvalue weighted by Gasteiger charge is -2.33. The third-order valence-corrected chi connectivity index (χ3v) is 5.56. The van der Waals surface area contributed by atoms with Crippen molar-refractivity contribution < 1.29 is 19.6 Å². The number of nitrogens with one attached hydrogen (secondary N) is 2. The molecule has 152 valence electrons. The zero-order chi connectivity index (χ0) is 20.6. The number of rotatable bonds is 10. The monoisotopic (exact) mass is 397 g/mol. The van der Waals surface area contributed by atoms with Crippen LogP contribution in [0.25, 0.3) is 0 Å². The van der Waals surface area contributed by atoms with Crippen LogP contribution in [-0.2, 0) is 20.8 Å². The Hall–Kier alpha value is -1.93. The lowest BCUT2D eigenvalue weighted by Crippen LogP contribution is -2.56.